The van der Waals surface area contributed by atoms with Crippen LogP contribution in [0, 0.1) is 18.8 Å². The lowest BCUT2D eigenvalue weighted by atomic mass is 9.73. The molecule has 1 saturated carbocycles. The number of rotatable bonds is 3. The first-order valence-corrected chi connectivity index (χ1v) is 6.81. The van der Waals surface area contributed by atoms with E-state index in [0.29, 0.717) is 11.8 Å². The molecule has 1 aromatic rings. The summed E-state index contributed by atoms with van der Waals surface area (Å²) in [6.07, 6.45) is 7.85. The maximum Gasteiger partial charge on any atom is 0.0853 e. The molecular formula is C14H24N2O. The summed E-state index contributed by atoms with van der Waals surface area (Å²) in [5, 5.41) is 14.9. The van der Waals surface area contributed by atoms with Crippen molar-refractivity contribution in [2.45, 2.75) is 52.1 Å². The van der Waals surface area contributed by atoms with Crippen molar-refractivity contribution in [3.05, 3.63) is 17.5 Å². The van der Waals surface area contributed by atoms with Crippen molar-refractivity contribution in [1.29, 1.82) is 0 Å². The zero-order chi connectivity index (χ0) is 12.4. The second kappa shape index (κ2) is 5.21. The monoisotopic (exact) mass is 236 g/mol. The highest BCUT2D eigenvalue weighted by Gasteiger charge is 2.31. The fourth-order valence-corrected chi connectivity index (χ4v) is 3.30. The number of aryl methyl sites for hydroxylation is 2. The number of nitrogens with zero attached hydrogens (tertiary/aromatic N) is 2. The summed E-state index contributed by atoms with van der Waals surface area (Å²) in [7, 11) is 1.92. The summed E-state index contributed by atoms with van der Waals surface area (Å²) in [4.78, 5) is 0. The van der Waals surface area contributed by atoms with Crippen LogP contribution >= 0.6 is 0 Å². The molecule has 0 saturated heterocycles. The molecule has 17 heavy (non-hydrogen) atoms. The number of aliphatic hydroxyl groups excluding tert-OH is 1. The zero-order valence-corrected chi connectivity index (χ0v) is 11.2. The molecule has 1 fully saturated rings. The van der Waals surface area contributed by atoms with Crippen LogP contribution in [0.1, 0.15) is 56.4 Å². The van der Waals surface area contributed by atoms with Gasteiger partial charge >= 0.3 is 0 Å². The molecule has 3 nitrogen and oxygen atoms in total. The Hall–Kier alpha value is -0.830. The standard InChI is InChI=1S/C14H24N2O/c1-4-11-7-5-6-8-12(11)14(17)13-9-16(3)15-10(13)2/h9,11-12,14,17H,4-8H2,1-3H3. The molecule has 0 aliphatic heterocycles. The van der Waals surface area contributed by atoms with Gasteiger partial charge in [-0.05, 0) is 25.2 Å². The van der Waals surface area contributed by atoms with Crippen LogP contribution in [0.2, 0.25) is 0 Å². The van der Waals surface area contributed by atoms with E-state index >= 15 is 0 Å². The molecule has 0 bridgehead atoms. The van der Waals surface area contributed by atoms with Gasteiger partial charge in [0.05, 0.1) is 11.8 Å². The van der Waals surface area contributed by atoms with Gasteiger partial charge in [0.25, 0.3) is 0 Å². The molecule has 1 aliphatic rings. The number of aromatic nitrogens is 2. The molecular weight excluding hydrogens is 212 g/mol. The van der Waals surface area contributed by atoms with Crippen molar-refractivity contribution in [2.75, 3.05) is 0 Å². The maximum absolute atomic E-state index is 10.6. The molecule has 1 N–H and O–H groups in total. The van der Waals surface area contributed by atoms with Gasteiger partial charge < -0.3 is 5.11 Å². The highest BCUT2D eigenvalue weighted by molar-refractivity contribution is 5.19. The van der Waals surface area contributed by atoms with Crippen LogP contribution in [-0.4, -0.2) is 14.9 Å². The van der Waals surface area contributed by atoms with E-state index in [9.17, 15) is 5.11 Å². The van der Waals surface area contributed by atoms with Gasteiger partial charge in [0, 0.05) is 18.8 Å². The molecule has 2 rings (SSSR count). The summed E-state index contributed by atoms with van der Waals surface area (Å²) in [6, 6.07) is 0. The molecule has 0 aromatic carbocycles. The second-order valence-electron chi connectivity index (χ2n) is 5.40. The zero-order valence-electron chi connectivity index (χ0n) is 11.2. The van der Waals surface area contributed by atoms with Crippen LogP contribution in [0.5, 0.6) is 0 Å². The first kappa shape index (κ1) is 12.6. The largest absolute Gasteiger partial charge is 0.388 e. The summed E-state index contributed by atoms with van der Waals surface area (Å²) < 4.78 is 1.80. The van der Waals surface area contributed by atoms with Gasteiger partial charge in [-0.2, -0.15) is 5.10 Å². The number of hydrogen-bond donors (Lipinski definition) is 1. The topological polar surface area (TPSA) is 38.0 Å². The first-order valence-electron chi connectivity index (χ1n) is 6.81. The molecule has 0 radical (unpaired) electrons. The Morgan fingerprint density at radius 2 is 2.18 bits per heavy atom. The van der Waals surface area contributed by atoms with Crippen molar-refractivity contribution in [3.63, 3.8) is 0 Å². The van der Waals surface area contributed by atoms with E-state index in [0.717, 1.165) is 17.7 Å². The highest BCUT2D eigenvalue weighted by Crippen LogP contribution is 2.40. The molecule has 3 atom stereocenters. The molecule has 0 amide bonds. The van der Waals surface area contributed by atoms with E-state index in [2.05, 4.69) is 12.0 Å². The van der Waals surface area contributed by atoms with Gasteiger partial charge in [-0.15, -0.1) is 0 Å². The van der Waals surface area contributed by atoms with E-state index in [-0.39, 0.29) is 6.10 Å². The second-order valence-corrected chi connectivity index (χ2v) is 5.40. The van der Waals surface area contributed by atoms with Crippen LogP contribution in [0.3, 0.4) is 0 Å². The van der Waals surface area contributed by atoms with Gasteiger partial charge in [-0.25, -0.2) is 0 Å². The Balaban J connectivity index is 2.17. The number of hydrogen-bond acceptors (Lipinski definition) is 2. The Morgan fingerprint density at radius 1 is 1.47 bits per heavy atom. The lowest BCUT2D eigenvalue weighted by Crippen LogP contribution is -2.25. The third-order valence-electron chi connectivity index (χ3n) is 4.27. The summed E-state index contributed by atoms with van der Waals surface area (Å²) in [5.41, 5.74) is 2.00. The SMILES string of the molecule is CCC1CCCCC1C(O)c1cn(C)nc1C. The smallest absolute Gasteiger partial charge is 0.0853 e. The van der Waals surface area contributed by atoms with Crippen LogP contribution < -0.4 is 0 Å². The normalized spacial score (nSPS) is 27.1. The lowest BCUT2D eigenvalue weighted by molar-refractivity contribution is 0.0447. The van der Waals surface area contributed by atoms with Crippen molar-refractivity contribution in [1.82, 2.24) is 9.78 Å². The fourth-order valence-electron chi connectivity index (χ4n) is 3.30. The summed E-state index contributed by atoms with van der Waals surface area (Å²) in [5.74, 6) is 1.11. The molecule has 0 spiro atoms. The first-order chi connectivity index (χ1) is 8.13. The van der Waals surface area contributed by atoms with Gasteiger partial charge in [-0.3, -0.25) is 4.68 Å². The minimum atomic E-state index is -0.325. The van der Waals surface area contributed by atoms with E-state index in [1.54, 1.807) is 4.68 Å². The molecule has 1 aliphatic carbocycles. The quantitative estimate of drug-likeness (QED) is 0.876. The van der Waals surface area contributed by atoms with E-state index in [1.165, 1.54) is 25.7 Å². The third kappa shape index (κ3) is 2.54. The Bertz CT molecular complexity index is 372. The van der Waals surface area contributed by atoms with E-state index in [1.807, 2.05) is 20.2 Å². The predicted molar refractivity (Wildman–Crippen MR) is 68.6 cm³/mol. The molecule has 96 valence electrons. The van der Waals surface area contributed by atoms with Gasteiger partial charge in [0.15, 0.2) is 0 Å². The molecule has 3 heteroatoms. The molecule has 1 heterocycles. The van der Waals surface area contributed by atoms with Crippen LogP contribution in [0.25, 0.3) is 0 Å². The third-order valence-corrected chi connectivity index (χ3v) is 4.27. The summed E-state index contributed by atoms with van der Waals surface area (Å²) >= 11 is 0. The van der Waals surface area contributed by atoms with E-state index in [4.69, 9.17) is 0 Å². The molecule has 1 aromatic heterocycles. The van der Waals surface area contributed by atoms with E-state index < -0.39 is 0 Å². The highest BCUT2D eigenvalue weighted by atomic mass is 16.3. The summed E-state index contributed by atoms with van der Waals surface area (Å²) in [6.45, 7) is 4.23. The Morgan fingerprint density at radius 3 is 2.76 bits per heavy atom. The average Bonchev–Trinajstić information content (AvgIpc) is 2.67. The van der Waals surface area contributed by atoms with Crippen LogP contribution in [0.4, 0.5) is 0 Å². The minimum Gasteiger partial charge on any atom is -0.388 e. The Kier molecular flexibility index (Phi) is 3.87. The van der Waals surface area contributed by atoms with Crippen LogP contribution in [-0.2, 0) is 7.05 Å². The van der Waals surface area contributed by atoms with Crippen molar-refractivity contribution in [3.8, 4) is 0 Å². The fraction of sp³-hybridized carbons (Fsp3) is 0.786. The van der Waals surface area contributed by atoms with Crippen LogP contribution in [0.15, 0.2) is 6.20 Å². The molecule has 3 unspecified atom stereocenters. The maximum atomic E-state index is 10.6. The predicted octanol–water partition coefficient (Wildman–Crippen LogP) is 2.98. The van der Waals surface area contributed by atoms with Gasteiger partial charge in [0.2, 0.25) is 0 Å². The van der Waals surface area contributed by atoms with Gasteiger partial charge in [-0.1, -0.05) is 32.6 Å². The average molecular weight is 236 g/mol. The van der Waals surface area contributed by atoms with Crippen molar-refractivity contribution in [2.24, 2.45) is 18.9 Å². The van der Waals surface area contributed by atoms with Crippen molar-refractivity contribution < 1.29 is 5.11 Å². The number of aliphatic hydroxyl groups is 1. The Labute approximate surface area is 104 Å². The minimum absolute atomic E-state index is 0.325. The van der Waals surface area contributed by atoms with Crippen molar-refractivity contribution >= 4 is 0 Å². The lowest BCUT2D eigenvalue weighted by Gasteiger charge is -2.34. The van der Waals surface area contributed by atoms with Gasteiger partial charge in [0.1, 0.15) is 0 Å².